The summed E-state index contributed by atoms with van der Waals surface area (Å²) in [5.41, 5.74) is 5.10. The molecule has 0 N–H and O–H groups in total. The summed E-state index contributed by atoms with van der Waals surface area (Å²) in [4.78, 5) is 8.67. The largest absolute Gasteiger partial charge is 0.289 e. The summed E-state index contributed by atoms with van der Waals surface area (Å²) in [5.74, 6) is 0. The quantitative estimate of drug-likeness (QED) is 0.617. The molecule has 0 amide bonds. The fourth-order valence-corrected chi connectivity index (χ4v) is 1.57. The standard InChI is InChI=1S/C10H12N2.C2H6/c1-7-5-10-8(2)11-4-3-9(10)6-12-7;1-2/h3-4H,5-6H2,1-2H3;1-2H3. The van der Waals surface area contributed by atoms with Crippen molar-refractivity contribution in [1.82, 2.24) is 4.98 Å². The molecule has 0 bridgehead atoms. The molecule has 14 heavy (non-hydrogen) atoms. The average Bonchev–Trinajstić information content (AvgIpc) is 2.22. The molecule has 0 aliphatic carbocycles. The number of pyridine rings is 1. The van der Waals surface area contributed by atoms with Gasteiger partial charge in [-0.1, -0.05) is 13.8 Å². The van der Waals surface area contributed by atoms with E-state index in [-0.39, 0.29) is 0 Å². The second-order valence-corrected chi connectivity index (χ2v) is 3.26. The molecular weight excluding hydrogens is 172 g/mol. The number of aliphatic imine (C=N–C) groups is 1. The maximum atomic E-state index is 4.40. The maximum Gasteiger partial charge on any atom is 0.0643 e. The van der Waals surface area contributed by atoms with Crippen LogP contribution in [-0.2, 0) is 13.0 Å². The summed E-state index contributed by atoms with van der Waals surface area (Å²) >= 11 is 0. The maximum absolute atomic E-state index is 4.40. The topological polar surface area (TPSA) is 25.2 Å². The predicted octanol–water partition coefficient (Wildman–Crippen LogP) is 2.93. The van der Waals surface area contributed by atoms with Crippen LogP contribution in [0, 0.1) is 6.92 Å². The van der Waals surface area contributed by atoms with Crippen molar-refractivity contribution >= 4 is 5.71 Å². The van der Waals surface area contributed by atoms with Gasteiger partial charge in [0.25, 0.3) is 0 Å². The monoisotopic (exact) mass is 190 g/mol. The molecule has 0 atom stereocenters. The normalized spacial score (nSPS) is 13.6. The molecule has 0 saturated carbocycles. The summed E-state index contributed by atoms with van der Waals surface area (Å²) in [6.45, 7) is 8.98. The van der Waals surface area contributed by atoms with Crippen molar-refractivity contribution in [1.29, 1.82) is 0 Å². The predicted molar refractivity (Wildman–Crippen MR) is 60.8 cm³/mol. The van der Waals surface area contributed by atoms with E-state index in [2.05, 4.69) is 29.9 Å². The summed E-state index contributed by atoms with van der Waals surface area (Å²) in [6.07, 6.45) is 2.85. The first-order valence-corrected chi connectivity index (χ1v) is 5.20. The van der Waals surface area contributed by atoms with Gasteiger partial charge >= 0.3 is 0 Å². The molecule has 0 unspecified atom stereocenters. The first-order valence-electron chi connectivity index (χ1n) is 5.20. The van der Waals surface area contributed by atoms with Crippen LogP contribution in [0.1, 0.15) is 37.6 Å². The third kappa shape index (κ3) is 2.19. The van der Waals surface area contributed by atoms with Gasteiger partial charge in [-0.2, -0.15) is 0 Å². The SMILES string of the molecule is CC.CC1=NCc2ccnc(C)c2C1. The third-order valence-electron chi connectivity index (χ3n) is 2.32. The van der Waals surface area contributed by atoms with Crippen molar-refractivity contribution in [2.24, 2.45) is 4.99 Å². The number of aryl methyl sites for hydroxylation is 1. The fourth-order valence-electron chi connectivity index (χ4n) is 1.57. The van der Waals surface area contributed by atoms with Gasteiger partial charge in [0.05, 0.1) is 6.54 Å². The molecule has 0 spiro atoms. The number of aromatic nitrogens is 1. The van der Waals surface area contributed by atoms with Gasteiger partial charge in [-0.3, -0.25) is 9.98 Å². The highest BCUT2D eigenvalue weighted by atomic mass is 14.8. The number of nitrogens with zero attached hydrogens (tertiary/aromatic N) is 2. The average molecular weight is 190 g/mol. The minimum Gasteiger partial charge on any atom is -0.289 e. The molecule has 1 aromatic heterocycles. The lowest BCUT2D eigenvalue weighted by Gasteiger charge is -2.14. The van der Waals surface area contributed by atoms with Crippen LogP contribution in [0.5, 0.6) is 0 Å². The van der Waals surface area contributed by atoms with Gasteiger partial charge in [-0.25, -0.2) is 0 Å². The molecule has 1 aliphatic heterocycles. The Balaban J connectivity index is 0.000000461. The molecule has 2 heteroatoms. The van der Waals surface area contributed by atoms with E-state index in [9.17, 15) is 0 Å². The van der Waals surface area contributed by atoms with E-state index in [1.165, 1.54) is 16.8 Å². The van der Waals surface area contributed by atoms with Gasteiger partial charge in [0.1, 0.15) is 0 Å². The van der Waals surface area contributed by atoms with Crippen LogP contribution in [0.2, 0.25) is 0 Å². The van der Waals surface area contributed by atoms with E-state index >= 15 is 0 Å². The summed E-state index contributed by atoms with van der Waals surface area (Å²) < 4.78 is 0. The van der Waals surface area contributed by atoms with Crippen LogP contribution in [0.25, 0.3) is 0 Å². The fraction of sp³-hybridized carbons (Fsp3) is 0.500. The Morgan fingerprint density at radius 2 is 1.93 bits per heavy atom. The Labute approximate surface area is 86.1 Å². The van der Waals surface area contributed by atoms with Crippen LogP contribution in [0.15, 0.2) is 17.3 Å². The second-order valence-electron chi connectivity index (χ2n) is 3.26. The molecule has 2 nitrogen and oxygen atoms in total. The molecular formula is C12H18N2. The lowest BCUT2D eigenvalue weighted by atomic mass is 9.99. The molecule has 2 rings (SSSR count). The van der Waals surface area contributed by atoms with Gasteiger partial charge in [-0.05, 0) is 31.0 Å². The molecule has 0 saturated heterocycles. The number of hydrogen-bond acceptors (Lipinski definition) is 2. The molecule has 1 aliphatic rings. The van der Waals surface area contributed by atoms with Crippen molar-refractivity contribution in [3.8, 4) is 0 Å². The van der Waals surface area contributed by atoms with Crippen LogP contribution in [-0.4, -0.2) is 10.7 Å². The zero-order valence-electron chi connectivity index (χ0n) is 9.46. The van der Waals surface area contributed by atoms with Gasteiger partial charge < -0.3 is 0 Å². The van der Waals surface area contributed by atoms with Crippen molar-refractivity contribution < 1.29 is 0 Å². The van der Waals surface area contributed by atoms with E-state index in [0.29, 0.717) is 0 Å². The summed E-state index contributed by atoms with van der Waals surface area (Å²) in [5, 5.41) is 0. The second kappa shape index (κ2) is 4.89. The van der Waals surface area contributed by atoms with Gasteiger partial charge in [-0.15, -0.1) is 0 Å². The van der Waals surface area contributed by atoms with Crippen molar-refractivity contribution in [2.45, 2.75) is 40.7 Å². The number of hydrogen-bond donors (Lipinski definition) is 0. The number of rotatable bonds is 0. The summed E-state index contributed by atoms with van der Waals surface area (Å²) in [6, 6.07) is 2.07. The highest BCUT2D eigenvalue weighted by Gasteiger charge is 2.11. The van der Waals surface area contributed by atoms with Crippen molar-refractivity contribution in [2.75, 3.05) is 0 Å². The lowest BCUT2D eigenvalue weighted by molar-refractivity contribution is 0.947. The van der Waals surface area contributed by atoms with E-state index < -0.39 is 0 Å². The van der Waals surface area contributed by atoms with Crippen LogP contribution in [0.4, 0.5) is 0 Å². The molecule has 1 aromatic rings. The number of fused-ring (bicyclic) bond motifs is 1. The minimum atomic E-state index is 0.838. The highest BCUT2D eigenvalue weighted by molar-refractivity contribution is 5.85. The lowest BCUT2D eigenvalue weighted by Crippen LogP contribution is -2.10. The smallest absolute Gasteiger partial charge is 0.0643 e. The Bertz CT molecular complexity index is 340. The van der Waals surface area contributed by atoms with Crippen molar-refractivity contribution in [3.05, 3.63) is 29.1 Å². The zero-order valence-corrected chi connectivity index (χ0v) is 9.46. The van der Waals surface area contributed by atoms with Crippen LogP contribution < -0.4 is 0 Å². The Kier molecular flexibility index (Phi) is 3.81. The summed E-state index contributed by atoms with van der Waals surface area (Å²) in [7, 11) is 0. The molecule has 0 radical (unpaired) electrons. The Morgan fingerprint density at radius 3 is 2.64 bits per heavy atom. The van der Waals surface area contributed by atoms with Crippen LogP contribution in [0.3, 0.4) is 0 Å². The van der Waals surface area contributed by atoms with E-state index in [1.807, 2.05) is 20.0 Å². The van der Waals surface area contributed by atoms with Crippen LogP contribution >= 0.6 is 0 Å². The Morgan fingerprint density at radius 1 is 1.21 bits per heavy atom. The molecule has 0 fully saturated rings. The van der Waals surface area contributed by atoms with E-state index in [0.717, 1.165) is 18.7 Å². The van der Waals surface area contributed by atoms with E-state index in [1.54, 1.807) is 0 Å². The molecule has 2 heterocycles. The first-order chi connectivity index (χ1) is 6.77. The third-order valence-corrected chi connectivity index (χ3v) is 2.32. The van der Waals surface area contributed by atoms with Gasteiger partial charge in [0, 0.05) is 24.0 Å². The molecule has 0 aromatic carbocycles. The highest BCUT2D eigenvalue weighted by Crippen LogP contribution is 2.18. The van der Waals surface area contributed by atoms with E-state index in [4.69, 9.17) is 0 Å². The van der Waals surface area contributed by atoms with Crippen molar-refractivity contribution in [3.63, 3.8) is 0 Å². The Hall–Kier alpha value is -1.18. The van der Waals surface area contributed by atoms with Gasteiger partial charge in [0.2, 0.25) is 0 Å². The van der Waals surface area contributed by atoms with Gasteiger partial charge in [0.15, 0.2) is 0 Å². The first kappa shape index (κ1) is 10.9. The molecule has 76 valence electrons. The zero-order chi connectivity index (χ0) is 10.6. The minimum absolute atomic E-state index is 0.838.